The summed E-state index contributed by atoms with van der Waals surface area (Å²) in [5.74, 6) is -0.347. The summed E-state index contributed by atoms with van der Waals surface area (Å²) in [6, 6.07) is 12.9. The standard InChI is InChI=1S/C33H33Cl2N7O6S/c1-20-18-28(43)41-12-3-5-26(31(41)38-20)48-19-23-24(34)10-11-27(29(23)35)49(46,47)42-13-2-4-25(42)33(45)40-16-14-39(15-17-40)32(44)22-8-6-21(7-9-22)30(36)37/h3,5-12,18,25H,2,4,13-17,19H2,1H3,(H3,36,37). The van der Waals surface area contributed by atoms with Crippen LogP contribution in [0, 0.1) is 12.3 Å². The van der Waals surface area contributed by atoms with Crippen LogP contribution in [0.15, 0.2) is 70.5 Å². The number of pyridine rings is 1. The summed E-state index contributed by atoms with van der Waals surface area (Å²) < 4.78 is 36.6. The highest BCUT2D eigenvalue weighted by molar-refractivity contribution is 7.89. The van der Waals surface area contributed by atoms with Crippen LogP contribution in [-0.4, -0.2) is 88.3 Å². The third-order valence-electron chi connectivity index (χ3n) is 8.70. The molecule has 49 heavy (non-hydrogen) atoms. The Balaban J connectivity index is 1.16. The largest absolute Gasteiger partial charge is 0.485 e. The number of nitrogens with zero attached hydrogens (tertiary/aromatic N) is 5. The second-order valence-electron chi connectivity index (χ2n) is 11.8. The molecule has 1 unspecified atom stereocenters. The van der Waals surface area contributed by atoms with E-state index in [1.54, 1.807) is 59.3 Å². The normalized spacial score (nSPS) is 17.0. The minimum absolute atomic E-state index is 0.0912. The Morgan fingerprint density at radius 1 is 1.00 bits per heavy atom. The first-order valence-corrected chi connectivity index (χ1v) is 17.7. The number of nitrogen functional groups attached to an aromatic ring is 1. The monoisotopic (exact) mass is 725 g/mol. The van der Waals surface area contributed by atoms with Crippen molar-refractivity contribution in [3.05, 3.63) is 104 Å². The topological polar surface area (TPSA) is 171 Å². The van der Waals surface area contributed by atoms with Crippen LogP contribution in [0.4, 0.5) is 0 Å². The van der Waals surface area contributed by atoms with E-state index in [1.165, 1.54) is 26.9 Å². The van der Waals surface area contributed by atoms with Gasteiger partial charge < -0.3 is 20.3 Å². The summed E-state index contributed by atoms with van der Waals surface area (Å²) in [5, 5.41) is 7.58. The molecule has 1 atom stereocenters. The van der Waals surface area contributed by atoms with E-state index < -0.39 is 16.1 Å². The van der Waals surface area contributed by atoms with Crippen molar-refractivity contribution in [1.29, 1.82) is 5.41 Å². The average molecular weight is 727 g/mol. The molecule has 16 heteroatoms. The molecule has 6 rings (SSSR count). The second kappa shape index (κ2) is 13.8. The molecule has 2 fully saturated rings. The predicted molar refractivity (Wildman–Crippen MR) is 184 cm³/mol. The van der Waals surface area contributed by atoms with Crippen molar-refractivity contribution in [3.63, 3.8) is 0 Å². The van der Waals surface area contributed by atoms with Gasteiger partial charge >= 0.3 is 0 Å². The minimum atomic E-state index is -4.25. The van der Waals surface area contributed by atoms with Gasteiger partial charge in [0.05, 0.1) is 5.02 Å². The maximum atomic E-state index is 14.1. The number of ether oxygens (including phenoxy) is 1. The van der Waals surface area contributed by atoms with Gasteiger partial charge in [0.2, 0.25) is 15.9 Å². The van der Waals surface area contributed by atoms with Crippen molar-refractivity contribution < 1.29 is 22.7 Å². The SMILES string of the molecule is Cc1cc(=O)n2cccc(OCc3c(Cl)ccc(S(=O)(=O)N4CCCC4C(=O)N4CCN(C(=O)c5ccc(C(=N)N)cc5)CC4)c3Cl)c2n1. The number of carbonyl (C=O) groups excluding carboxylic acids is 2. The molecule has 13 nitrogen and oxygen atoms in total. The highest BCUT2D eigenvalue weighted by Crippen LogP contribution is 2.36. The maximum absolute atomic E-state index is 14.1. The van der Waals surface area contributed by atoms with Gasteiger partial charge in [-0.15, -0.1) is 0 Å². The molecule has 3 N–H and O–H groups in total. The van der Waals surface area contributed by atoms with Gasteiger partial charge in [-0.1, -0.05) is 35.3 Å². The van der Waals surface area contributed by atoms with Crippen molar-refractivity contribution >= 4 is 56.5 Å². The van der Waals surface area contributed by atoms with Crippen LogP contribution >= 0.6 is 23.2 Å². The second-order valence-corrected chi connectivity index (χ2v) is 14.5. The first-order valence-electron chi connectivity index (χ1n) is 15.5. The number of amides is 2. The highest BCUT2D eigenvalue weighted by atomic mass is 35.5. The zero-order chi connectivity index (χ0) is 35.0. The first-order chi connectivity index (χ1) is 23.4. The van der Waals surface area contributed by atoms with Crippen molar-refractivity contribution in [2.24, 2.45) is 5.73 Å². The lowest BCUT2D eigenvalue weighted by Gasteiger charge is -2.37. The van der Waals surface area contributed by atoms with Crippen LogP contribution in [0.25, 0.3) is 5.65 Å². The van der Waals surface area contributed by atoms with E-state index in [-0.39, 0.29) is 94.4 Å². The number of hydrogen-bond donors (Lipinski definition) is 2. The molecule has 0 radical (unpaired) electrons. The number of nitrogens with one attached hydrogen (secondary N) is 1. The van der Waals surface area contributed by atoms with E-state index in [2.05, 4.69) is 4.98 Å². The number of hydrogen-bond acceptors (Lipinski definition) is 8. The van der Waals surface area contributed by atoms with Gasteiger partial charge in [-0.05, 0) is 56.2 Å². The molecule has 4 heterocycles. The van der Waals surface area contributed by atoms with Crippen molar-refractivity contribution in [1.82, 2.24) is 23.5 Å². The molecule has 2 amide bonds. The van der Waals surface area contributed by atoms with Gasteiger partial charge in [0.25, 0.3) is 11.5 Å². The van der Waals surface area contributed by atoms with E-state index in [9.17, 15) is 22.8 Å². The molecule has 2 aromatic carbocycles. The fourth-order valence-corrected chi connectivity index (χ4v) is 8.62. The molecule has 4 aromatic rings. The number of benzene rings is 2. The Morgan fingerprint density at radius 3 is 2.37 bits per heavy atom. The lowest BCUT2D eigenvalue weighted by molar-refractivity contribution is -0.136. The van der Waals surface area contributed by atoms with E-state index in [0.29, 0.717) is 29.7 Å². The van der Waals surface area contributed by atoms with Gasteiger partial charge in [-0.25, -0.2) is 13.4 Å². The molecule has 0 bridgehead atoms. The smallest absolute Gasteiger partial charge is 0.258 e. The number of sulfonamides is 1. The Labute approximate surface area is 292 Å². The molecule has 2 aliphatic heterocycles. The van der Waals surface area contributed by atoms with Crippen LogP contribution < -0.4 is 16.0 Å². The number of rotatable bonds is 8. The summed E-state index contributed by atoms with van der Waals surface area (Å²) in [7, 11) is -4.25. The first kappa shape index (κ1) is 34.4. The van der Waals surface area contributed by atoms with E-state index in [0.717, 1.165) is 0 Å². The summed E-state index contributed by atoms with van der Waals surface area (Å²) in [6.45, 7) is 2.68. The Bertz CT molecular complexity index is 2130. The van der Waals surface area contributed by atoms with Gasteiger partial charge in [-0.2, -0.15) is 4.31 Å². The third kappa shape index (κ3) is 6.73. The van der Waals surface area contributed by atoms with E-state index in [1.807, 2.05) is 0 Å². The van der Waals surface area contributed by atoms with Crippen molar-refractivity contribution in [2.45, 2.75) is 37.3 Å². The van der Waals surface area contributed by atoms with Crippen molar-refractivity contribution in [2.75, 3.05) is 32.7 Å². The molecule has 2 saturated heterocycles. The third-order valence-corrected chi connectivity index (χ3v) is 11.6. The molecule has 0 saturated carbocycles. The summed E-state index contributed by atoms with van der Waals surface area (Å²) in [4.78, 5) is 46.6. The molecule has 2 aromatic heterocycles. The number of amidine groups is 1. The Hall–Kier alpha value is -4.50. The summed E-state index contributed by atoms with van der Waals surface area (Å²) >= 11 is 13.2. The number of carbonyl (C=O) groups is 2. The number of fused-ring (bicyclic) bond motifs is 1. The van der Waals surface area contributed by atoms with E-state index in [4.69, 9.17) is 39.1 Å². The Kier molecular flexibility index (Phi) is 9.67. The highest BCUT2D eigenvalue weighted by Gasteiger charge is 2.43. The zero-order valence-corrected chi connectivity index (χ0v) is 28.8. The van der Waals surface area contributed by atoms with Gasteiger partial charge in [-0.3, -0.25) is 24.2 Å². The maximum Gasteiger partial charge on any atom is 0.258 e. The molecular formula is C33H33Cl2N7O6S. The quantitative estimate of drug-likeness (QED) is 0.206. The van der Waals surface area contributed by atoms with Crippen molar-refractivity contribution in [3.8, 4) is 5.75 Å². The Morgan fingerprint density at radius 2 is 1.67 bits per heavy atom. The van der Waals surface area contributed by atoms with E-state index >= 15 is 0 Å². The minimum Gasteiger partial charge on any atom is -0.485 e. The summed E-state index contributed by atoms with van der Waals surface area (Å²) in [6.07, 6.45) is 2.39. The zero-order valence-electron chi connectivity index (χ0n) is 26.4. The molecule has 2 aliphatic rings. The van der Waals surface area contributed by atoms with Crippen LogP contribution in [0.5, 0.6) is 5.75 Å². The van der Waals surface area contributed by atoms with Crippen LogP contribution in [0.2, 0.25) is 10.0 Å². The number of piperazine rings is 1. The number of aryl methyl sites for hydroxylation is 1. The number of aromatic nitrogens is 2. The fraction of sp³-hybridized carbons (Fsp3) is 0.303. The molecule has 0 aliphatic carbocycles. The van der Waals surface area contributed by atoms with Gasteiger partial charge in [0, 0.05) is 72.4 Å². The molecule has 256 valence electrons. The van der Waals surface area contributed by atoms with Gasteiger partial charge in [0.15, 0.2) is 11.4 Å². The fourth-order valence-electron chi connectivity index (χ4n) is 6.10. The predicted octanol–water partition coefficient (Wildman–Crippen LogP) is 3.31. The average Bonchev–Trinajstić information content (AvgIpc) is 3.59. The number of nitrogens with two attached hydrogens (primary N) is 1. The van der Waals surface area contributed by atoms with Crippen LogP contribution in [0.1, 0.15) is 40.0 Å². The summed E-state index contributed by atoms with van der Waals surface area (Å²) in [5.41, 5.74) is 7.20. The molecular weight excluding hydrogens is 693 g/mol. The molecule has 0 spiro atoms. The lowest BCUT2D eigenvalue weighted by atomic mass is 10.1. The van der Waals surface area contributed by atoms with Crippen LogP contribution in [-0.2, 0) is 21.4 Å². The van der Waals surface area contributed by atoms with Crippen LogP contribution in [0.3, 0.4) is 0 Å². The van der Waals surface area contributed by atoms with Gasteiger partial charge in [0.1, 0.15) is 23.4 Å². The lowest BCUT2D eigenvalue weighted by Crippen LogP contribution is -2.55. The number of halogens is 2.